The summed E-state index contributed by atoms with van der Waals surface area (Å²) in [7, 11) is 0. The maximum atomic E-state index is 12.7. The number of rotatable bonds is 5. The number of anilines is 1. The van der Waals surface area contributed by atoms with Crippen molar-refractivity contribution >= 4 is 28.8 Å². The van der Waals surface area contributed by atoms with Crippen LogP contribution in [0.4, 0.5) is 10.1 Å². The molecule has 0 bridgehead atoms. The van der Waals surface area contributed by atoms with Crippen LogP contribution in [0.25, 0.3) is 0 Å². The highest BCUT2D eigenvalue weighted by Crippen LogP contribution is 2.12. The van der Waals surface area contributed by atoms with Gasteiger partial charge in [-0.25, -0.2) is 4.39 Å². The fourth-order valence-electron chi connectivity index (χ4n) is 1.63. The molecule has 108 valence electrons. The standard InChI is InChI=1S/C15H13FN2O2S/c16-11-4-6-13(7-5-11)20-9-14(19)18-12-3-1-2-10(8-12)15(17)21/h1-8H,9H2,(H2,17,21)(H,18,19). The third-order valence-corrected chi connectivity index (χ3v) is 2.85. The summed E-state index contributed by atoms with van der Waals surface area (Å²) in [6.45, 7) is -0.178. The molecule has 0 saturated carbocycles. The largest absolute Gasteiger partial charge is 0.484 e. The van der Waals surface area contributed by atoms with E-state index in [0.29, 0.717) is 17.0 Å². The van der Waals surface area contributed by atoms with Crippen molar-refractivity contribution in [3.63, 3.8) is 0 Å². The van der Waals surface area contributed by atoms with Crippen molar-refractivity contribution in [2.24, 2.45) is 5.73 Å². The van der Waals surface area contributed by atoms with E-state index in [-0.39, 0.29) is 23.3 Å². The second kappa shape index (κ2) is 6.81. The van der Waals surface area contributed by atoms with Crippen LogP contribution in [0.5, 0.6) is 5.75 Å². The SMILES string of the molecule is NC(=S)c1cccc(NC(=O)COc2ccc(F)cc2)c1. The summed E-state index contributed by atoms with van der Waals surface area (Å²) >= 11 is 4.87. The molecule has 0 saturated heterocycles. The molecule has 0 aliphatic carbocycles. The first-order chi connectivity index (χ1) is 10.0. The summed E-state index contributed by atoms with van der Waals surface area (Å²) in [4.78, 5) is 12.0. The molecule has 3 N–H and O–H groups in total. The predicted molar refractivity (Wildman–Crippen MR) is 82.9 cm³/mol. The predicted octanol–water partition coefficient (Wildman–Crippen LogP) is 2.48. The molecular weight excluding hydrogens is 291 g/mol. The van der Waals surface area contributed by atoms with Gasteiger partial charge in [-0.3, -0.25) is 4.79 Å². The van der Waals surface area contributed by atoms with Crippen LogP contribution < -0.4 is 15.8 Å². The van der Waals surface area contributed by atoms with E-state index >= 15 is 0 Å². The fourth-order valence-corrected chi connectivity index (χ4v) is 1.75. The molecular formula is C15H13FN2O2S. The van der Waals surface area contributed by atoms with Crippen LogP contribution in [0.2, 0.25) is 0 Å². The van der Waals surface area contributed by atoms with Crippen molar-refractivity contribution in [3.05, 3.63) is 59.9 Å². The van der Waals surface area contributed by atoms with Crippen molar-refractivity contribution in [1.82, 2.24) is 0 Å². The Morgan fingerprint density at radius 1 is 1.24 bits per heavy atom. The summed E-state index contributed by atoms with van der Waals surface area (Å²) in [5.74, 6) is -0.274. The third kappa shape index (κ3) is 4.54. The topological polar surface area (TPSA) is 64.3 Å². The Balaban J connectivity index is 1.91. The van der Waals surface area contributed by atoms with Gasteiger partial charge in [-0.2, -0.15) is 0 Å². The van der Waals surface area contributed by atoms with Crippen LogP contribution in [-0.2, 0) is 4.79 Å². The van der Waals surface area contributed by atoms with Crippen LogP contribution in [0.1, 0.15) is 5.56 Å². The van der Waals surface area contributed by atoms with Crippen LogP contribution in [0, 0.1) is 5.82 Å². The van der Waals surface area contributed by atoms with Gasteiger partial charge in [-0.1, -0.05) is 24.4 Å². The summed E-state index contributed by atoms with van der Waals surface area (Å²) in [5, 5.41) is 2.67. The monoisotopic (exact) mass is 304 g/mol. The molecule has 0 heterocycles. The zero-order chi connectivity index (χ0) is 15.2. The second-order valence-electron chi connectivity index (χ2n) is 4.24. The van der Waals surface area contributed by atoms with Gasteiger partial charge in [0, 0.05) is 11.3 Å². The van der Waals surface area contributed by atoms with Crippen LogP contribution in [0.3, 0.4) is 0 Å². The van der Waals surface area contributed by atoms with Crippen molar-refractivity contribution in [1.29, 1.82) is 0 Å². The summed E-state index contributed by atoms with van der Waals surface area (Å²) in [5.41, 5.74) is 6.77. The first kappa shape index (κ1) is 14.9. The average molecular weight is 304 g/mol. The highest BCUT2D eigenvalue weighted by molar-refractivity contribution is 7.80. The molecule has 0 aliphatic rings. The van der Waals surface area contributed by atoms with Gasteiger partial charge in [0.15, 0.2) is 6.61 Å². The Bertz CT molecular complexity index is 659. The maximum Gasteiger partial charge on any atom is 0.262 e. The number of carbonyl (C=O) groups is 1. The minimum atomic E-state index is -0.360. The van der Waals surface area contributed by atoms with E-state index in [1.807, 2.05) is 0 Å². The normalized spacial score (nSPS) is 9.95. The Morgan fingerprint density at radius 2 is 1.95 bits per heavy atom. The van der Waals surface area contributed by atoms with E-state index in [0.717, 1.165) is 0 Å². The Labute approximate surface area is 126 Å². The number of amides is 1. The Morgan fingerprint density at radius 3 is 2.62 bits per heavy atom. The van der Waals surface area contributed by atoms with Crippen molar-refractivity contribution in [3.8, 4) is 5.75 Å². The number of ether oxygens (including phenoxy) is 1. The molecule has 0 atom stereocenters. The van der Waals surface area contributed by atoms with E-state index in [9.17, 15) is 9.18 Å². The van der Waals surface area contributed by atoms with E-state index in [1.54, 1.807) is 24.3 Å². The average Bonchev–Trinajstić information content (AvgIpc) is 2.47. The molecule has 21 heavy (non-hydrogen) atoms. The van der Waals surface area contributed by atoms with Gasteiger partial charge in [0.05, 0.1) is 0 Å². The number of nitrogens with one attached hydrogen (secondary N) is 1. The lowest BCUT2D eigenvalue weighted by atomic mass is 10.2. The smallest absolute Gasteiger partial charge is 0.262 e. The lowest BCUT2D eigenvalue weighted by Gasteiger charge is -2.08. The Kier molecular flexibility index (Phi) is 4.84. The minimum Gasteiger partial charge on any atom is -0.484 e. The molecule has 0 aliphatic heterocycles. The van der Waals surface area contributed by atoms with E-state index in [2.05, 4.69) is 5.32 Å². The van der Waals surface area contributed by atoms with Crippen LogP contribution >= 0.6 is 12.2 Å². The van der Waals surface area contributed by atoms with E-state index in [1.165, 1.54) is 24.3 Å². The third-order valence-electron chi connectivity index (χ3n) is 2.61. The van der Waals surface area contributed by atoms with Crippen LogP contribution in [0.15, 0.2) is 48.5 Å². The molecule has 0 spiro atoms. The summed E-state index contributed by atoms with van der Waals surface area (Å²) < 4.78 is 18.0. The first-order valence-corrected chi connectivity index (χ1v) is 6.53. The van der Waals surface area contributed by atoms with Gasteiger partial charge in [0.2, 0.25) is 0 Å². The minimum absolute atomic E-state index is 0.178. The van der Waals surface area contributed by atoms with Gasteiger partial charge < -0.3 is 15.8 Å². The second-order valence-corrected chi connectivity index (χ2v) is 4.68. The molecule has 2 aromatic rings. The maximum absolute atomic E-state index is 12.7. The first-order valence-electron chi connectivity index (χ1n) is 6.12. The molecule has 2 rings (SSSR count). The number of thiocarbonyl (C=S) groups is 1. The van der Waals surface area contributed by atoms with E-state index < -0.39 is 0 Å². The number of hydrogen-bond acceptors (Lipinski definition) is 3. The van der Waals surface area contributed by atoms with Crippen molar-refractivity contribution in [2.45, 2.75) is 0 Å². The number of nitrogens with two attached hydrogens (primary N) is 1. The summed E-state index contributed by atoms with van der Waals surface area (Å²) in [6, 6.07) is 12.3. The molecule has 4 nitrogen and oxygen atoms in total. The molecule has 6 heteroatoms. The molecule has 0 radical (unpaired) electrons. The van der Waals surface area contributed by atoms with Gasteiger partial charge in [-0.15, -0.1) is 0 Å². The summed E-state index contributed by atoms with van der Waals surface area (Å²) in [6.07, 6.45) is 0. The number of carbonyl (C=O) groups excluding carboxylic acids is 1. The van der Waals surface area contributed by atoms with Gasteiger partial charge >= 0.3 is 0 Å². The molecule has 0 fully saturated rings. The molecule has 0 aromatic heterocycles. The van der Waals surface area contributed by atoms with Gasteiger partial charge in [-0.05, 0) is 36.4 Å². The molecule has 0 unspecified atom stereocenters. The zero-order valence-corrected chi connectivity index (χ0v) is 11.8. The highest BCUT2D eigenvalue weighted by Gasteiger charge is 2.05. The zero-order valence-electron chi connectivity index (χ0n) is 11.0. The van der Waals surface area contributed by atoms with E-state index in [4.69, 9.17) is 22.7 Å². The quantitative estimate of drug-likeness (QED) is 0.833. The number of hydrogen-bond donors (Lipinski definition) is 2. The molecule has 2 aromatic carbocycles. The number of halogens is 1. The van der Waals surface area contributed by atoms with Crippen LogP contribution in [-0.4, -0.2) is 17.5 Å². The van der Waals surface area contributed by atoms with Crippen molar-refractivity contribution in [2.75, 3.05) is 11.9 Å². The molecule has 1 amide bonds. The van der Waals surface area contributed by atoms with Gasteiger partial charge in [0.25, 0.3) is 5.91 Å². The van der Waals surface area contributed by atoms with Gasteiger partial charge in [0.1, 0.15) is 16.6 Å². The highest BCUT2D eigenvalue weighted by atomic mass is 32.1. The Hall–Kier alpha value is -2.47. The van der Waals surface area contributed by atoms with Crippen molar-refractivity contribution < 1.29 is 13.9 Å². The lowest BCUT2D eigenvalue weighted by molar-refractivity contribution is -0.118. The lowest BCUT2D eigenvalue weighted by Crippen LogP contribution is -2.20. The number of benzene rings is 2. The fraction of sp³-hybridized carbons (Fsp3) is 0.0667.